The Morgan fingerprint density at radius 1 is 0.931 bits per heavy atom. The number of urea groups is 1. The average molecular weight is 411 g/mol. The van der Waals surface area contributed by atoms with E-state index in [2.05, 4.69) is 5.32 Å². The summed E-state index contributed by atoms with van der Waals surface area (Å²) in [6, 6.07) is 4.16. The van der Waals surface area contributed by atoms with Crippen LogP contribution >= 0.6 is 0 Å². The van der Waals surface area contributed by atoms with Gasteiger partial charge in [-0.25, -0.2) is 4.79 Å². The van der Waals surface area contributed by atoms with Crippen LogP contribution in [-0.4, -0.2) is 47.9 Å². The van der Waals surface area contributed by atoms with Crippen molar-refractivity contribution in [2.45, 2.75) is 46.2 Å². The number of benzene rings is 1. The maximum Gasteiger partial charge on any atom is 0.416 e. The quantitative estimate of drug-likeness (QED) is 0.734. The molecule has 2 heterocycles. The number of halogens is 3. The second-order valence-corrected chi connectivity index (χ2v) is 9.22. The third-order valence-electron chi connectivity index (χ3n) is 5.94. The van der Waals surface area contributed by atoms with E-state index in [0.29, 0.717) is 31.9 Å². The topological polar surface area (TPSA) is 52.7 Å². The van der Waals surface area contributed by atoms with Crippen molar-refractivity contribution >= 4 is 17.6 Å². The zero-order valence-electron chi connectivity index (χ0n) is 17.1. The molecule has 2 aliphatic heterocycles. The van der Waals surface area contributed by atoms with Gasteiger partial charge in [-0.1, -0.05) is 20.8 Å². The lowest BCUT2D eigenvalue weighted by Gasteiger charge is -2.41. The van der Waals surface area contributed by atoms with Gasteiger partial charge >= 0.3 is 12.2 Å². The van der Waals surface area contributed by atoms with Gasteiger partial charge in [0.15, 0.2) is 0 Å². The minimum atomic E-state index is -4.40. The van der Waals surface area contributed by atoms with Crippen LogP contribution in [0, 0.1) is 10.8 Å². The van der Waals surface area contributed by atoms with Crippen molar-refractivity contribution in [3.8, 4) is 0 Å². The highest BCUT2D eigenvalue weighted by Gasteiger charge is 2.43. The molecule has 2 fully saturated rings. The number of nitrogens with one attached hydrogen (secondary N) is 1. The van der Waals surface area contributed by atoms with E-state index >= 15 is 0 Å². The molecule has 0 radical (unpaired) electrons. The van der Waals surface area contributed by atoms with Gasteiger partial charge in [-0.15, -0.1) is 0 Å². The summed E-state index contributed by atoms with van der Waals surface area (Å²) < 4.78 is 38.0. The lowest BCUT2D eigenvalue weighted by molar-refractivity contribution is -0.141. The Labute approximate surface area is 169 Å². The Kier molecular flexibility index (Phi) is 5.58. The highest BCUT2D eigenvalue weighted by Crippen LogP contribution is 2.41. The predicted molar refractivity (Wildman–Crippen MR) is 104 cm³/mol. The van der Waals surface area contributed by atoms with Crippen LogP contribution in [0.1, 0.15) is 45.6 Å². The molecule has 8 heteroatoms. The molecule has 1 spiro atoms. The van der Waals surface area contributed by atoms with Crippen LogP contribution < -0.4 is 5.32 Å². The summed E-state index contributed by atoms with van der Waals surface area (Å²) >= 11 is 0. The number of carbonyl (C=O) groups excluding carboxylic acids is 2. The monoisotopic (exact) mass is 411 g/mol. The van der Waals surface area contributed by atoms with E-state index in [4.69, 9.17) is 0 Å². The van der Waals surface area contributed by atoms with Gasteiger partial charge in [-0.3, -0.25) is 4.79 Å². The van der Waals surface area contributed by atoms with Crippen LogP contribution in [0.5, 0.6) is 0 Å². The van der Waals surface area contributed by atoms with Crippen LogP contribution in [0.3, 0.4) is 0 Å². The number of nitrogens with zero attached hydrogens (tertiary/aromatic N) is 2. The lowest BCUT2D eigenvalue weighted by atomic mass is 9.77. The Morgan fingerprint density at radius 2 is 1.45 bits per heavy atom. The number of alkyl halides is 3. The van der Waals surface area contributed by atoms with E-state index in [-0.39, 0.29) is 17.4 Å². The van der Waals surface area contributed by atoms with Crippen molar-refractivity contribution in [1.29, 1.82) is 0 Å². The van der Waals surface area contributed by atoms with E-state index in [1.807, 2.05) is 25.7 Å². The van der Waals surface area contributed by atoms with Crippen LogP contribution in [-0.2, 0) is 11.0 Å². The number of amides is 3. The van der Waals surface area contributed by atoms with Crippen LogP contribution in [0.15, 0.2) is 24.3 Å². The second-order valence-electron chi connectivity index (χ2n) is 9.22. The molecule has 0 bridgehead atoms. The number of piperidine rings is 1. The summed E-state index contributed by atoms with van der Waals surface area (Å²) in [5.41, 5.74) is -0.776. The molecular weight excluding hydrogens is 383 g/mol. The first-order valence-electron chi connectivity index (χ1n) is 9.92. The Morgan fingerprint density at radius 3 is 1.93 bits per heavy atom. The van der Waals surface area contributed by atoms with Crippen molar-refractivity contribution in [3.63, 3.8) is 0 Å². The average Bonchev–Trinajstić information content (AvgIpc) is 3.05. The molecule has 0 unspecified atom stereocenters. The smallest absolute Gasteiger partial charge is 0.342 e. The number of anilines is 1. The molecule has 0 atom stereocenters. The first kappa shape index (κ1) is 21.5. The van der Waals surface area contributed by atoms with E-state index in [1.165, 1.54) is 12.1 Å². The fourth-order valence-corrected chi connectivity index (χ4v) is 4.12. The van der Waals surface area contributed by atoms with E-state index in [1.54, 1.807) is 4.90 Å². The van der Waals surface area contributed by atoms with Crippen molar-refractivity contribution < 1.29 is 22.8 Å². The molecule has 5 nitrogen and oxygen atoms in total. The second kappa shape index (κ2) is 7.54. The standard InChI is InChI=1S/C21H28F3N3O2/c1-19(2,3)17(28)26-11-8-20(9-12-26)10-13-27(14-20)18(29)25-16-6-4-15(5-7-16)21(22,23)24/h4-7H,8-14H2,1-3H3,(H,25,29). The summed E-state index contributed by atoms with van der Waals surface area (Å²) in [5, 5.41) is 2.69. The van der Waals surface area contributed by atoms with Gasteiger partial charge in [-0.2, -0.15) is 13.2 Å². The third-order valence-corrected chi connectivity index (χ3v) is 5.94. The molecule has 0 aliphatic carbocycles. The van der Waals surface area contributed by atoms with E-state index in [9.17, 15) is 22.8 Å². The molecule has 0 aromatic heterocycles. The van der Waals surface area contributed by atoms with Crippen LogP contribution in [0.25, 0.3) is 0 Å². The lowest BCUT2D eigenvalue weighted by Crippen LogP contribution is -2.48. The number of hydrogen-bond donors (Lipinski definition) is 1. The summed E-state index contributed by atoms with van der Waals surface area (Å²) in [6.45, 7) is 8.37. The van der Waals surface area contributed by atoms with Crippen molar-refractivity contribution in [2.24, 2.45) is 10.8 Å². The SMILES string of the molecule is CC(C)(C)C(=O)N1CCC2(CCN(C(=O)Nc3ccc(C(F)(F)F)cc3)C2)CC1. The molecule has 29 heavy (non-hydrogen) atoms. The van der Waals surface area contributed by atoms with Gasteiger partial charge in [0.2, 0.25) is 5.91 Å². The first-order chi connectivity index (χ1) is 13.4. The first-order valence-corrected chi connectivity index (χ1v) is 9.92. The third kappa shape index (κ3) is 4.85. The normalized spacial score (nSPS) is 19.5. The summed E-state index contributed by atoms with van der Waals surface area (Å²) in [7, 11) is 0. The van der Waals surface area contributed by atoms with Crippen molar-refractivity contribution in [3.05, 3.63) is 29.8 Å². The van der Waals surface area contributed by atoms with E-state index < -0.39 is 17.2 Å². The molecular formula is C21H28F3N3O2. The van der Waals surface area contributed by atoms with Gasteiger partial charge < -0.3 is 15.1 Å². The minimum Gasteiger partial charge on any atom is -0.342 e. The number of rotatable bonds is 1. The molecule has 0 saturated carbocycles. The molecule has 160 valence electrons. The largest absolute Gasteiger partial charge is 0.416 e. The molecule has 2 saturated heterocycles. The fourth-order valence-electron chi connectivity index (χ4n) is 4.12. The summed E-state index contributed by atoms with van der Waals surface area (Å²) in [4.78, 5) is 28.7. The van der Waals surface area contributed by atoms with Crippen molar-refractivity contribution in [2.75, 3.05) is 31.5 Å². The number of hydrogen-bond acceptors (Lipinski definition) is 2. The zero-order chi connectivity index (χ0) is 21.4. The maximum atomic E-state index is 12.7. The molecule has 3 amide bonds. The molecule has 1 N–H and O–H groups in total. The minimum absolute atomic E-state index is 0.0200. The summed E-state index contributed by atoms with van der Waals surface area (Å²) in [5.74, 6) is 0.155. The molecule has 2 aliphatic rings. The van der Waals surface area contributed by atoms with Crippen molar-refractivity contribution in [1.82, 2.24) is 9.80 Å². The number of carbonyl (C=O) groups is 2. The Balaban J connectivity index is 1.54. The van der Waals surface area contributed by atoms with Gasteiger partial charge in [-0.05, 0) is 48.9 Å². The Bertz CT molecular complexity index is 761. The molecule has 1 aromatic carbocycles. The highest BCUT2D eigenvalue weighted by molar-refractivity contribution is 5.89. The van der Waals surface area contributed by atoms with Gasteiger partial charge in [0, 0.05) is 37.3 Å². The Hall–Kier alpha value is -2.25. The van der Waals surface area contributed by atoms with Gasteiger partial charge in [0.1, 0.15) is 0 Å². The molecule has 1 aromatic rings. The maximum absolute atomic E-state index is 12.7. The van der Waals surface area contributed by atoms with Gasteiger partial charge in [0.25, 0.3) is 0 Å². The highest BCUT2D eigenvalue weighted by atomic mass is 19.4. The zero-order valence-corrected chi connectivity index (χ0v) is 17.1. The number of likely N-dealkylation sites (tertiary alicyclic amines) is 2. The molecule has 3 rings (SSSR count). The fraction of sp³-hybridized carbons (Fsp3) is 0.619. The van der Waals surface area contributed by atoms with E-state index in [0.717, 1.165) is 31.4 Å². The van der Waals surface area contributed by atoms with Crippen LogP contribution in [0.2, 0.25) is 0 Å². The summed E-state index contributed by atoms with van der Waals surface area (Å²) in [6.07, 6.45) is -1.80. The van der Waals surface area contributed by atoms with Gasteiger partial charge in [0.05, 0.1) is 5.56 Å². The van der Waals surface area contributed by atoms with Crippen LogP contribution in [0.4, 0.5) is 23.7 Å². The predicted octanol–water partition coefficient (Wildman–Crippen LogP) is 4.60.